The molecule has 5 nitrogen and oxygen atoms in total. The van der Waals surface area contributed by atoms with E-state index in [1.165, 1.54) is 12.8 Å². The Morgan fingerprint density at radius 2 is 2.05 bits per heavy atom. The molecule has 1 aromatic carbocycles. The highest BCUT2D eigenvalue weighted by molar-refractivity contribution is 5.30. The summed E-state index contributed by atoms with van der Waals surface area (Å²) in [6.07, 6.45) is 3.26. The van der Waals surface area contributed by atoms with Crippen LogP contribution in [0.2, 0.25) is 0 Å². The van der Waals surface area contributed by atoms with E-state index in [0.717, 1.165) is 24.5 Å². The summed E-state index contributed by atoms with van der Waals surface area (Å²) in [7, 11) is 1.99. The molecule has 0 radical (unpaired) electrons. The third-order valence-corrected chi connectivity index (χ3v) is 3.20. The Labute approximate surface area is 114 Å². The fraction of sp³-hybridized carbons (Fsp3) is 0.500. The molecule has 1 unspecified atom stereocenters. The second kappa shape index (κ2) is 6.99. The van der Waals surface area contributed by atoms with E-state index in [0.29, 0.717) is 5.92 Å². The van der Waals surface area contributed by atoms with Gasteiger partial charge >= 0.3 is 0 Å². The van der Waals surface area contributed by atoms with Crippen molar-refractivity contribution >= 4 is 0 Å². The molecule has 0 fully saturated rings. The molecule has 2 aromatic rings. The molecule has 102 valence electrons. The molecule has 0 aliphatic rings. The molecule has 0 bridgehead atoms. The number of para-hydroxylation sites is 1. The first-order valence-corrected chi connectivity index (χ1v) is 6.82. The van der Waals surface area contributed by atoms with Gasteiger partial charge in [-0.2, -0.15) is 4.68 Å². The van der Waals surface area contributed by atoms with Crippen molar-refractivity contribution in [3.63, 3.8) is 0 Å². The Balaban J connectivity index is 2.15. The summed E-state index contributed by atoms with van der Waals surface area (Å²) in [6.45, 7) is 3.21. The number of hydrogen-bond acceptors (Lipinski definition) is 4. The second-order valence-corrected chi connectivity index (χ2v) is 4.76. The number of aromatic nitrogens is 4. The van der Waals surface area contributed by atoms with Gasteiger partial charge in [0, 0.05) is 6.42 Å². The third kappa shape index (κ3) is 3.61. The first kappa shape index (κ1) is 13.7. The molecule has 0 aliphatic heterocycles. The molecule has 19 heavy (non-hydrogen) atoms. The predicted octanol–water partition coefficient (Wildman–Crippen LogP) is 1.84. The molecule has 0 amide bonds. The van der Waals surface area contributed by atoms with E-state index in [4.69, 9.17) is 0 Å². The summed E-state index contributed by atoms with van der Waals surface area (Å²) >= 11 is 0. The Morgan fingerprint density at radius 1 is 1.26 bits per heavy atom. The first-order chi connectivity index (χ1) is 9.35. The van der Waals surface area contributed by atoms with Gasteiger partial charge in [0.05, 0.1) is 5.69 Å². The van der Waals surface area contributed by atoms with Crippen LogP contribution in [0, 0.1) is 5.92 Å². The van der Waals surface area contributed by atoms with E-state index in [-0.39, 0.29) is 0 Å². The second-order valence-electron chi connectivity index (χ2n) is 4.76. The molecule has 5 heteroatoms. The van der Waals surface area contributed by atoms with Crippen molar-refractivity contribution < 1.29 is 0 Å². The lowest BCUT2D eigenvalue weighted by Crippen LogP contribution is -2.22. The molecule has 1 atom stereocenters. The number of benzene rings is 1. The average molecular weight is 259 g/mol. The summed E-state index contributed by atoms with van der Waals surface area (Å²) in [4.78, 5) is 0. The number of hydrogen-bond donors (Lipinski definition) is 1. The smallest absolute Gasteiger partial charge is 0.157 e. The van der Waals surface area contributed by atoms with Crippen LogP contribution in [0.5, 0.6) is 0 Å². The van der Waals surface area contributed by atoms with Crippen LogP contribution in [0.15, 0.2) is 30.3 Å². The van der Waals surface area contributed by atoms with Gasteiger partial charge in [-0.3, -0.25) is 0 Å². The zero-order chi connectivity index (χ0) is 13.5. The predicted molar refractivity (Wildman–Crippen MR) is 75.2 cm³/mol. The highest BCUT2D eigenvalue weighted by Crippen LogP contribution is 2.14. The molecule has 0 aliphatic carbocycles. The maximum atomic E-state index is 4.17. The summed E-state index contributed by atoms with van der Waals surface area (Å²) in [5, 5.41) is 15.3. The van der Waals surface area contributed by atoms with E-state index < -0.39 is 0 Å². The van der Waals surface area contributed by atoms with Crippen molar-refractivity contribution in [1.82, 2.24) is 25.5 Å². The molecule has 1 aromatic heterocycles. The highest BCUT2D eigenvalue weighted by atomic mass is 15.5. The lowest BCUT2D eigenvalue weighted by molar-refractivity contribution is 0.443. The number of rotatable bonds is 7. The standard InChI is InChI=1S/C14H21N5/c1-3-7-12(11-15-2)10-14-16-17-18-19(14)13-8-5-4-6-9-13/h4-6,8-9,12,15H,3,7,10-11H2,1-2H3. The van der Waals surface area contributed by atoms with Gasteiger partial charge in [0.1, 0.15) is 0 Å². The van der Waals surface area contributed by atoms with E-state index >= 15 is 0 Å². The van der Waals surface area contributed by atoms with Crippen LogP contribution in [-0.2, 0) is 6.42 Å². The van der Waals surface area contributed by atoms with Gasteiger partial charge in [0.2, 0.25) is 0 Å². The Bertz CT molecular complexity index is 474. The number of nitrogens with one attached hydrogen (secondary N) is 1. The minimum absolute atomic E-state index is 0.573. The Hall–Kier alpha value is -1.75. The fourth-order valence-electron chi connectivity index (χ4n) is 2.33. The molecule has 0 saturated heterocycles. The van der Waals surface area contributed by atoms with Gasteiger partial charge in [-0.1, -0.05) is 31.5 Å². The molecule has 2 rings (SSSR count). The van der Waals surface area contributed by atoms with Crippen molar-refractivity contribution in [2.45, 2.75) is 26.2 Å². The van der Waals surface area contributed by atoms with Gasteiger partial charge in [0.15, 0.2) is 5.82 Å². The molecule has 0 saturated carbocycles. The topological polar surface area (TPSA) is 55.6 Å². The summed E-state index contributed by atoms with van der Waals surface area (Å²) < 4.78 is 1.83. The van der Waals surface area contributed by atoms with E-state index in [9.17, 15) is 0 Å². The quantitative estimate of drug-likeness (QED) is 0.824. The summed E-state index contributed by atoms with van der Waals surface area (Å²) in [5.74, 6) is 1.50. The molecular formula is C14H21N5. The van der Waals surface area contributed by atoms with Crippen LogP contribution in [0.1, 0.15) is 25.6 Å². The SMILES string of the molecule is CCCC(CNC)Cc1nnnn1-c1ccccc1. The van der Waals surface area contributed by atoms with Gasteiger partial charge in [0.25, 0.3) is 0 Å². The molecular weight excluding hydrogens is 238 g/mol. The fourth-order valence-corrected chi connectivity index (χ4v) is 2.33. The van der Waals surface area contributed by atoms with Gasteiger partial charge in [-0.05, 0) is 48.5 Å². The highest BCUT2D eigenvalue weighted by Gasteiger charge is 2.14. The third-order valence-electron chi connectivity index (χ3n) is 3.20. The van der Waals surface area contributed by atoms with Crippen molar-refractivity contribution in [2.24, 2.45) is 5.92 Å². The lowest BCUT2D eigenvalue weighted by atomic mass is 9.99. The number of tetrazole rings is 1. The van der Waals surface area contributed by atoms with E-state index in [2.05, 4.69) is 27.8 Å². The lowest BCUT2D eigenvalue weighted by Gasteiger charge is -2.14. The zero-order valence-corrected chi connectivity index (χ0v) is 11.6. The van der Waals surface area contributed by atoms with E-state index in [1.807, 2.05) is 42.1 Å². The van der Waals surface area contributed by atoms with Crippen molar-refractivity contribution in [2.75, 3.05) is 13.6 Å². The molecule has 1 heterocycles. The van der Waals surface area contributed by atoms with Gasteiger partial charge < -0.3 is 5.32 Å². The first-order valence-electron chi connectivity index (χ1n) is 6.82. The van der Waals surface area contributed by atoms with Crippen molar-refractivity contribution in [3.05, 3.63) is 36.2 Å². The minimum Gasteiger partial charge on any atom is -0.319 e. The van der Waals surface area contributed by atoms with Gasteiger partial charge in [-0.25, -0.2) is 0 Å². The minimum atomic E-state index is 0.573. The van der Waals surface area contributed by atoms with Crippen molar-refractivity contribution in [1.29, 1.82) is 0 Å². The Kier molecular flexibility index (Phi) is 5.03. The van der Waals surface area contributed by atoms with Crippen LogP contribution in [0.3, 0.4) is 0 Å². The monoisotopic (exact) mass is 259 g/mol. The number of nitrogens with zero attached hydrogens (tertiary/aromatic N) is 4. The largest absolute Gasteiger partial charge is 0.319 e. The molecule has 0 spiro atoms. The molecule has 1 N–H and O–H groups in total. The van der Waals surface area contributed by atoms with Crippen LogP contribution in [-0.4, -0.2) is 33.8 Å². The summed E-state index contributed by atoms with van der Waals surface area (Å²) in [6, 6.07) is 10.0. The van der Waals surface area contributed by atoms with Crippen LogP contribution in [0.4, 0.5) is 0 Å². The average Bonchev–Trinajstić information content (AvgIpc) is 2.88. The Morgan fingerprint density at radius 3 is 2.74 bits per heavy atom. The van der Waals surface area contributed by atoms with Crippen LogP contribution < -0.4 is 5.32 Å². The summed E-state index contributed by atoms with van der Waals surface area (Å²) in [5.41, 5.74) is 1.02. The normalized spacial score (nSPS) is 12.5. The van der Waals surface area contributed by atoms with Gasteiger partial charge in [-0.15, -0.1) is 5.10 Å². The van der Waals surface area contributed by atoms with Crippen molar-refractivity contribution in [3.8, 4) is 5.69 Å². The maximum Gasteiger partial charge on any atom is 0.157 e. The van der Waals surface area contributed by atoms with Crippen LogP contribution in [0.25, 0.3) is 5.69 Å². The van der Waals surface area contributed by atoms with Crippen LogP contribution >= 0.6 is 0 Å². The zero-order valence-electron chi connectivity index (χ0n) is 11.6. The maximum absolute atomic E-state index is 4.17. The van der Waals surface area contributed by atoms with E-state index in [1.54, 1.807) is 0 Å².